The van der Waals surface area contributed by atoms with E-state index in [9.17, 15) is 93.0 Å². The van der Waals surface area contributed by atoms with Crippen molar-refractivity contribution in [2.75, 3.05) is 25.4 Å². The van der Waals surface area contributed by atoms with Gasteiger partial charge in [-0.05, 0) is 84.0 Å². The molecular formula is C50H89N19O19S. The predicted octanol–water partition coefficient (Wildman–Crippen LogP) is -8.75. The van der Waals surface area contributed by atoms with Crippen molar-refractivity contribution >= 4 is 108 Å². The average molecular weight is 1290 g/mol. The number of carboxylic acids is 4. The van der Waals surface area contributed by atoms with E-state index in [0.29, 0.717) is 0 Å². The minimum Gasteiger partial charge on any atom is -0.481 e. The Hall–Kier alpha value is -8.85. The summed E-state index contributed by atoms with van der Waals surface area (Å²) < 4.78 is 0. The Balaban J connectivity index is 7.03. The summed E-state index contributed by atoms with van der Waals surface area (Å²) in [6, 6.07) is -17.0. The SMILES string of the molecule is CC(C)C[C@H](NC(=O)[C@H](CCCN=C(N)N)NC(=O)[C@@H](NC(=O)[C@H](CCCN=C(N)N)NC(=O)[C@H](CCC(=O)O)NC(=O)[C@H](CCC(=O)O)NC(=O)[C@@H](NC(=O)[C@H](CCC(=O)O)NC(=O)[C@H](CS)NC(=O)[C@@H](N)CCCN=C(N)N)[C@@H](C)O)[C@@H](C)O)C(=O)O. The number of hydrogen-bond acceptors (Lipinski definition) is 20. The standard InChI is InChI=1S/C50H89N19O19S/c1-22(2)20-31(47(87)88)66-39(79)26(9-6-18-59-49(54)55)64-45(85)36(23(3)70)68-42(82)27(10-7-19-60-50(56)57)61-40(80)28(11-14-33(72)73)62-41(81)29(12-15-34(74)75)65-46(86)37(24(4)71)69-43(83)30(13-16-35(76)77)63-44(84)32(21-89)67-38(78)25(51)8-5-17-58-48(52)53/h22-32,36-37,70-71,89H,5-21,51H2,1-4H3,(H,61,80)(H,62,81)(H,63,84)(H,64,85)(H,65,86)(H,66,79)(H,67,78)(H,68,82)(H,69,83)(H,72,73)(H,74,75)(H,76,77)(H,87,88)(H4,52,53,58)(H4,54,55,59)(H4,56,57,60)/t23-,24-,25+,26+,27+,28+,29+,30+,31+,32+,36+,37+/m1/s1. The molecule has 0 spiro atoms. The zero-order valence-electron chi connectivity index (χ0n) is 49.8. The summed E-state index contributed by atoms with van der Waals surface area (Å²) in [5, 5.41) is 80.5. The van der Waals surface area contributed by atoms with E-state index < -0.39 is 188 Å². The highest BCUT2D eigenvalue weighted by atomic mass is 32.1. The summed E-state index contributed by atoms with van der Waals surface area (Å²) >= 11 is 4.08. The Bertz CT molecular complexity index is 2510. The molecule has 0 radical (unpaired) electrons. The Labute approximate surface area is 517 Å². The number of hydrogen-bond donors (Lipinski definition) is 23. The maximum Gasteiger partial charge on any atom is 0.326 e. The van der Waals surface area contributed by atoms with Crippen LogP contribution in [0.3, 0.4) is 0 Å². The van der Waals surface area contributed by atoms with Crippen molar-refractivity contribution in [2.45, 2.75) is 184 Å². The van der Waals surface area contributed by atoms with Gasteiger partial charge in [0.25, 0.3) is 0 Å². The number of rotatable bonds is 45. The molecule has 0 heterocycles. The minimum absolute atomic E-state index is 0.00794. The summed E-state index contributed by atoms with van der Waals surface area (Å²) in [5.41, 5.74) is 38.2. The van der Waals surface area contributed by atoms with Crippen molar-refractivity contribution in [2.24, 2.45) is 61.0 Å². The quantitative estimate of drug-likeness (QED) is 0.0117. The van der Waals surface area contributed by atoms with E-state index in [1.165, 1.54) is 0 Å². The number of guanidine groups is 3. The smallest absolute Gasteiger partial charge is 0.326 e. The molecule has 39 heteroatoms. The van der Waals surface area contributed by atoms with Gasteiger partial charge in [-0.15, -0.1) is 0 Å². The first kappa shape index (κ1) is 80.2. The summed E-state index contributed by atoms with van der Waals surface area (Å²) in [5.74, 6) is -17.9. The van der Waals surface area contributed by atoms with Gasteiger partial charge in [0.15, 0.2) is 17.9 Å². The van der Waals surface area contributed by atoms with Crippen LogP contribution in [0, 0.1) is 5.92 Å². The van der Waals surface area contributed by atoms with Crippen LogP contribution in [0.15, 0.2) is 15.0 Å². The number of nitrogens with two attached hydrogens (primary N) is 7. The lowest BCUT2D eigenvalue weighted by atomic mass is 10.0. The largest absolute Gasteiger partial charge is 0.481 e. The van der Waals surface area contributed by atoms with Gasteiger partial charge < -0.3 is 119 Å². The zero-order valence-corrected chi connectivity index (χ0v) is 50.7. The van der Waals surface area contributed by atoms with Crippen LogP contribution in [0.1, 0.15) is 111 Å². The summed E-state index contributed by atoms with van der Waals surface area (Å²) in [6.45, 7) is 5.40. The van der Waals surface area contributed by atoms with Crippen LogP contribution < -0.4 is 88.0 Å². The molecule has 0 aliphatic heterocycles. The van der Waals surface area contributed by atoms with Gasteiger partial charge in [0.1, 0.15) is 54.4 Å². The number of aliphatic imine (C=N–C) groups is 3. The number of carboxylic acid groups (broad SMARTS) is 4. The summed E-state index contributed by atoms with van der Waals surface area (Å²) in [4.78, 5) is 183. The van der Waals surface area contributed by atoms with E-state index in [2.05, 4.69) is 75.5 Å². The van der Waals surface area contributed by atoms with Gasteiger partial charge in [0, 0.05) is 44.6 Å². The first-order valence-corrected chi connectivity index (χ1v) is 28.6. The third kappa shape index (κ3) is 34.3. The molecule has 0 fully saturated rings. The molecule has 89 heavy (non-hydrogen) atoms. The number of nitrogens with one attached hydrogen (secondary N) is 9. The van der Waals surface area contributed by atoms with Crippen LogP contribution in [-0.2, 0) is 62.3 Å². The van der Waals surface area contributed by atoms with Crippen LogP contribution >= 0.6 is 12.6 Å². The number of carbonyl (C=O) groups excluding carboxylic acids is 9. The monoisotopic (exact) mass is 1290 g/mol. The number of thiol groups is 1. The zero-order chi connectivity index (χ0) is 68.2. The Morgan fingerprint density at radius 2 is 0.652 bits per heavy atom. The molecule has 0 unspecified atom stereocenters. The maximum absolute atomic E-state index is 14.2. The Morgan fingerprint density at radius 1 is 0.382 bits per heavy atom. The number of aliphatic hydroxyl groups is 2. The molecular weight excluding hydrogens is 1200 g/mol. The second-order valence-corrected chi connectivity index (χ2v) is 21.1. The molecule has 0 rings (SSSR count). The highest BCUT2D eigenvalue weighted by Gasteiger charge is 2.38. The molecule has 29 N–H and O–H groups in total. The molecule has 0 aromatic rings. The number of aliphatic carboxylic acids is 4. The number of amides is 9. The lowest BCUT2D eigenvalue weighted by molar-refractivity contribution is -0.143. The van der Waals surface area contributed by atoms with Gasteiger partial charge in [-0.1, -0.05) is 13.8 Å². The number of carbonyl (C=O) groups is 13. The fourth-order valence-corrected chi connectivity index (χ4v) is 8.16. The number of nitrogens with zero attached hydrogens (tertiary/aromatic N) is 3. The lowest BCUT2D eigenvalue weighted by Gasteiger charge is -2.29. The van der Waals surface area contributed by atoms with Crippen molar-refractivity contribution in [3.8, 4) is 0 Å². The van der Waals surface area contributed by atoms with E-state index in [0.717, 1.165) is 13.8 Å². The maximum atomic E-state index is 14.2. The number of aliphatic hydroxyl groups excluding tert-OH is 2. The van der Waals surface area contributed by atoms with Crippen LogP contribution in [0.25, 0.3) is 0 Å². The molecule has 504 valence electrons. The van der Waals surface area contributed by atoms with Gasteiger partial charge >= 0.3 is 23.9 Å². The third-order valence-corrected chi connectivity index (χ3v) is 12.9. The van der Waals surface area contributed by atoms with E-state index in [-0.39, 0.29) is 94.1 Å². The van der Waals surface area contributed by atoms with E-state index in [1.54, 1.807) is 13.8 Å². The fraction of sp³-hybridized carbons (Fsp3) is 0.680. The van der Waals surface area contributed by atoms with Crippen LogP contribution in [-0.4, -0.2) is 224 Å². The molecule has 9 amide bonds. The average Bonchev–Trinajstić information content (AvgIpc) is 3.31. The van der Waals surface area contributed by atoms with Crippen LogP contribution in [0.5, 0.6) is 0 Å². The van der Waals surface area contributed by atoms with Crippen molar-refractivity contribution in [3.05, 3.63) is 0 Å². The third-order valence-electron chi connectivity index (χ3n) is 12.6. The molecule has 0 aromatic carbocycles. The molecule has 38 nitrogen and oxygen atoms in total. The molecule has 0 saturated heterocycles. The molecule has 12 atom stereocenters. The fourth-order valence-electron chi connectivity index (χ4n) is 7.90. The van der Waals surface area contributed by atoms with Crippen molar-refractivity contribution in [1.82, 2.24) is 47.9 Å². The van der Waals surface area contributed by atoms with Gasteiger partial charge in [-0.25, -0.2) is 4.79 Å². The predicted molar refractivity (Wildman–Crippen MR) is 320 cm³/mol. The van der Waals surface area contributed by atoms with E-state index >= 15 is 0 Å². The van der Waals surface area contributed by atoms with Crippen LogP contribution in [0.4, 0.5) is 0 Å². The van der Waals surface area contributed by atoms with Gasteiger partial charge in [0.2, 0.25) is 53.2 Å². The molecule has 0 bridgehead atoms. The first-order valence-electron chi connectivity index (χ1n) is 28.0. The topological polar surface area (TPSA) is 671 Å². The van der Waals surface area contributed by atoms with Crippen molar-refractivity contribution < 1.29 is 93.0 Å². The Kier molecular flexibility index (Phi) is 37.9. The van der Waals surface area contributed by atoms with Crippen molar-refractivity contribution in [1.29, 1.82) is 0 Å². The van der Waals surface area contributed by atoms with E-state index in [1.807, 2.05) is 0 Å². The second-order valence-electron chi connectivity index (χ2n) is 20.8. The minimum atomic E-state index is -2.07. The normalized spacial score (nSPS) is 15.0. The highest BCUT2D eigenvalue weighted by Crippen LogP contribution is 2.12. The molecule has 0 aromatic heterocycles. The van der Waals surface area contributed by atoms with Crippen molar-refractivity contribution in [3.63, 3.8) is 0 Å². The van der Waals surface area contributed by atoms with E-state index in [4.69, 9.17) is 40.1 Å². The summed E-state index contributed by atoms with van der Waals surface area (Å²) in [6.07, 6.45) is -8.56. The first-order chi connectivity index (χ1) is 41.5. The Morgan fingerprint density at radius 3 is 0.933 bits per heavy atom. The lowest BCUT2D eigenvalue weighted by Crippen LogP contribution is -2.62. The van der Waals surface area contributed by atoms with Gasteiger partial charge in [-0.2, -0.15) is 12.6 Å². The second kappa shape index (κ2) is 42.1. The molecule has 0 aliphatic rings. The van der Waals surface area contributed by atoms with Gasteiger partial charge in [0.05, 0.1) is 18.2 Å². The molecule has 0 aliphatic carbocycles. The molecule has 0 saturated carbocycles. The van der Waals surface area contributed by atoms with Gasteiger partial charge in [-0.3, -0.25) is 72.5 Å². The van der Waals surface area contributed by atoms with Crippen LogP contribution in [0.2, 0.25) is 0 Å². The highest BCUT2D eigenvalue weighted by molar-refractivity contribution is 7.80. The summed E-state index contributed by atoms with van der Waals surface area (Å²) in [7, 11) is 0.